The van der Waals surface area contributed by atoms with Crippen LogP contribution in [0.3, 0.4) is 0 Å². The van der Waals surface area contributed by atoms with Gasteiger partial charge >= 0.3 is 0 Å². The molecular weight excluding hydrogens is 174 g/mol. The number of amidine groups is 1. The monoisotopic (exact) mass is 199 g/mol. The van der Waals surface area contributed by atoms with Crippen LogP contribution >= 0.6 is 0 Å². The van der Waals surface area contributed by atoms with Gasteiger partial charge in [-0.15, -0.1) is 0 Å². The van der Waals surface area contributed by atoms with Gasteiger partial charge in [0, 0.05) is 19.0 Å². The van der Waals surface area contributed by atoms with Crippen molar-refractivity contribution in [2.75, 3.05) is 13.6 Å². The van der Waals surface area contributed by atoms with Crippen molar-refractivity contribution >= 4 is 5.84 Å². The first-order chi connectivity index (χ1) is 6.51. The van der Waals surface area contributed by atoms with Gasteiger partial charge in [0.25, 0.3) is 0 Å². The summed E-state index contributed by atoms with van der Waals surface area (Å²) in [4.78, 5) is 2.30. The van der Waals surface area contributed by atoms with Gasteiger partial charge in [0.15, 0.2) is 0 Å². The van der Waals surface area contributed by atoms with Crippen LogP contribution in [0.5, 0.6) is 0 Å². The van der Waals surface area contributed by atoms with E-state index < -0.39 is 0 Å². The van der Waals surface area contributed by atoms with Crippen LogP contribution in [-0.4, -0.2) is 30.4 Å². The molecule has 1 atom stereocenters. The number of nitrogens with one attached hydrogen (secondary N) is 1. The second kappa shape index (κ2) is 6.82. The maximum Gasteiger partial charge on any atom is 0.0920 e. The Bertz CT molecular complexity index is 164. The van der Waals surface area contributed by atoms with E-state index in [2.05, 4.69) is 32.7 Å². The van der Waals surface area contributed by atoms with Crippen LogP contribution in [0.15, 0.2) is 0 Å². The van der Waals surface area contributed by atoms with Crippen LogP contribution in [0.1, 0.15) is 40.0 Å². The van der Waals surface area contributed by atoms with Gasteiger partial charge in [0.1, 0.15) is 0 Å². The summed E-state index contributed by atoms with van der Waals surface area (Å²) in [7, 11) is 2.12. The van der Waals surface area contributed by atoms with E-state index in [4.69, 9.17) is 11.1 Å². The summed E-state index contributed by atoms with van der Waals surface area (Å²) in [6, 6.07) is 0.382. The first kappa shape index (κ1) is 13.4. The van der Waals surface area contributed by atoms with Gasteiger partial charge in [-0.3, -0.25) is 5.41 Å². The third-order valence-electron chi connectivity index (χ3n) is 2.97. The van der Waals surface area contributed by atoms with E-state index in [1.807, 2.05) is 0 Å². The highest BCUT2D eigenvalue weighted by molar-refractivity contribution is 5.77. The number of nitrogens with zero attached hydrogens (tertiary/aromatic N) is 1. The molecule has 84 valence electrons. The van der Waals surface area contributed by atoms with E-state index in [1.54, 1.807) is 0 Å². The molecule has 0 aliphatic carbocycles. The van der Waals surface area contributed by atoms with E-state index >= 15 is 0 Å². The van der Waals surface area contributed by atoms with Crippen molar-refractivity contribution < 1.29 is 0 Å². The van der Waals surface area contributed by atoms with Gasteiger partial charge in [-0.05, 0) is 19.9 Å². The zero-order valence-electron chi connectivity index (χ0n) is 10.0. The van der Waals surface area contributed by atoms with Crippen molar-refractivity contribution in [1.82, 2.24) is 4.90 Å². The third kappa shape index (κ3) is 5.22. The molecular formula is C11H25N3. The van der Waals surface area contributed by atoms with Crippen LogP contribution in [-0.2, 0) is 0 Å². The number of rotatable bonds is 7. The Labute approximate surface area is 88.2 Å². The quantitative estimate of drug-likeness (QED) is 0.487. The molecule has 0 heterocycles. The van der Waals surface area contributed by atoms with Crippen molar-refractivity contribution in [1.29, 1.82) is 5.41 Å². The normalized spacial score (nSPS) is 13.6. The third-order valence-corrected chi connectivity index (χ3v) is 2.97. The van der Waals surface area contributed by atoms with Gasteiger partial charge in [-0.1, -0.05) is 26.7 Å². The fourth-order valence-electron chi connectivity index (χ4n) is 1.61. The number of nitrogens with two attached hydrogens (primary N) is 1. The van der Waals surface area contributed by atoms with Crippen molar-refractivity contribution in [3.63, 3.8) is 0 Å². The second-order valence-electron chi connectivity index (χ2n) is 4.20. The van der Waals surface area contributed by atoms with Crippen molar-refractivity contribution in [2.24, 2.45) is 11.7 Å². The lowest BCUT2D eigenvalue weighted by atomic mass is 10.0. The lowest BCUT2D eigenvalue weighted by Crippen LogP contribution is -2.36. The standard InChI is InChI=1S/C11H25N3/c1-5-10(6-2)8-14(4)9(3)7-11(12)13/h9-10H,5-8H2,1-4H3,(H3,12,13). The molecule has 0 rings (SSSR count). The molecule has 3 heteroatoms. The molecule has 0 aliphatic rings. The predicted octanol–water partition coefficient (Wildman–Crippen LogP) is 2.07. The molecule has 3 N–H and O–H groups in total. The molecule has 0 bridgehead atoms. The van der Waals surface area contributed by atoms with E-state index in [1.165, 1.54) is 12.8 Å². The van der Waals surface area contributed by atoms with Gasteiger partial charge in [0.2, 0.25) is 0 Å². The summed E-state index contributed by atoms with van der Waals surface area (Å²) >= 11 is 0. The van der Waals surface area contributed by atoms with Crippen LogP contribution in [0.25, 0.3) is 0 Å². The van der Waals surface area contributed by atoms with E-state index in [0.717, 1.165) is 12.5 Å². The Morgan fingerprint density at radius 1 is 1.36 bits per heavy atom. The van der Waals surface area contributed by atoms with E-state index in [9.17, 15) is 0 Å². The maximum atomic E-state index is 7.24. The Morgan fingerprint density at radius 2 is 1.86 bits per heavy atom. The molecule has 0 aromatic carbocycles. The molecule has 0 spiro atoms. The fraction of sp³-hybridized carbons (Fsp3) is 0.909. The fourth-order valence-corrected chi connectivity index (χ4v) is 1.61. The van der Waals surface area contributed by atoms with Crippen molar-refractivity contribution in [3.05, 3.63) is 0 Å². The molecule has 0 aromatic rings. The summed E-state index contributed by atoms with van der Waals surface area (Å²) in [5.74, 6) is 1.06. The Hall–Kier alpha value is -0.570. The molecule has 0 saturated carbocycles. The number of hydrogen-bond acceptors (Lipinski definition) is 2. The van der Waals surface area contributed by atoms with Gasteiger partial charge in [-0.2, -0.15) is 0 Å². The van der Waals surface area contributed by atoms with Crippen LogP contribution in [0, 0.1) is 11.3 Å². The molecule has 0 amide bonds. The van der Waals surface area contributed by atoms with Crippen LogP contribution in [0.2, 0.25) is 0 Å². The first-order valence-electron chi connectivity index (χ1n) is 5.54. The topological polar surface area (TPSA) is 53.1 Å². The molecule has 1 unspecified atom stereocenters. The Morgan fingerprint density at radius 3 is 2.21 bits per heavy atom. The molecule has 0 fully saturated rings. The summed E-state index contributed by atoms with van der Waals surface area (Å²) in [6.07, 6.45) is 3.14. The summed E-state index contributed by atoms with van der Waals surface area (Å²) in [5.41, 5.74) is 5.38. The highest BCUT2D eigenvalue weighted by Gasteiger charge is 2.13. The summed E-state index contributed by atoms with van der Waals surface area (Å²) in [5, 5.41) is 7.24. The zero-order valence-corrected chi connectivity index (χ0v) is 10.0. The highest BCUT2D eigenvalue weighted by atomic mass is 15.1. The van der Waals surface area contributed by atoms with E-state index in [0.29, 0.717) is 12.5 Å². The summed E-state index contributed by atoms with van der Waals surface area (Å²) in [6.45, 7) is 7.71. The summed E-state index contributed by atoms with van der Waals surface area (Å²) < 4.78 is 0. The molecule has 0 radical (unpaired) electrons. The van der Waals surface area contributed by atoms with Gasteiger partial charge < -0.3 is 10.6 Å². The molecule has 0 aromatic heterocycles. The zero-order chi connectivity index (χ0) is 11.1. The number of hydrogen-bond donors (Lipinski definition) is 2. The lowest BCUT2D eigenvalue weighted by molar-refractivity contribution is 0.215. The smallest absolute Gasteiger partial charge is 0.0920 e. The minimum absolute atomic E-state index is 0.286. The SMILES string of the molecule is CCC(CC)CN(C)C(C)CC(=N)N. The average Bonchev–Trinajstić information content (AvgIpc) is 2.12. The molecule has 0 saturated heterocycles. The van der Waals surface area contributed by atoms with Gasteiger partial charge in [-0.25, -0.2) is 0 Å². The predicted molar refractivity (Wildman–Crippen MR) is 62.7 cm³/mol. The minimum atomic E-state index is 0.286. The van der Waals surface area contributed by atoms with E-state index in [-0.39, 0.29) is 5.84 Å². The molecule has 3 nitrogen and oxygen atoms in total. The largest absolute Gasteiger partial charge is 0.388 e. The molecule has 14 heavy (non-hydrogen) atoms. The van der Waals surface area contributed by atoms with Crippen LogP contribution < -0.4 is 5.73 Å². The second-order valence-corrected chi connectivity index (χ2v) is 4.20. The minimum Gasteiger partial charge on any atom is -0.388 e. The Balaban J connectivity index is 3.92. The van der Waals surface area contributed by atoms with Crippen LogP contribution in [0.4, 0.5) is 0 Å². The maximum absolute atomic E-state index is 7.24. The Kier molecular flexibility index (Phi) is 6.54. The van der Waals surface area contributed by atoms with Crippen molar-refractivity contribution in [3.8, 4) is 0 Å². The average molecular weight is 199 g/mol. The van der Waals surface area contributed by atoms with Crippen molar-refractivity contribution in [2.45, 2.75) is 46.1 Å². The first-order valence-corrected chi connectivity index (χ1v) is 5.54. The van der Waals surface area contributed by atoms with Gasteiger partial charge in [0.05, 0.1) is 5.84 Å². The molecule has 0 aliphatic heterocycles. The lowest BCUT2D eigenvalue weighted by Gasteiger charge is -2.27. The highest BCUT2D eigenvalue weighted by Crippen LogP contribution is 2.11.